The number of rotatable bonds is 12. The van der Waals surface area contributed by atoms with Gasteiger partial charge in [-0.3, -0.25) is 0 Å². The molecule has 0 unspecified atom stereocenters. The van der Waals surface area contributed by atoms with Crippen molar-refractivity contribution in [2.45, 2.75) is 12.8 Å². The molecule has 0 radical (unpaired) electrons. The van der Waals surface area contributed by atoms with Crippen LogP contribution in [0.15, 0.2) is 73.8 Å². The number of hydrogen-bond donors (Lipinski definition) is 0. The second-order valence-electron chi connectivity index (χ2n) is 5.91. The Morgan fingerprint density at radius 1 is 0.767 bits per heavy atom. The molecule has 0 aliphatic heterocycles. The summed E-state index contributed by atoms with van der Waals surface area (Å²) < 4.78 is 33.5. The maximum absolute atomic E-state index is 12.5. The Labute approximate surface area is 175 Å². The molecule has 30 heavy (non-hydrogen) atoms. The van der Waals surface area contributed by atoms with Crippen molar-refractivity contribution in [2.24, 2.45) is 0 Å². The van der Waals surface area contributed by atoms with Gasteiger partial charge >= 0.3 is 20.2 Å². The maximum atomic E-state index is 12.5. The number of carbonyl (C=O) groups excluding carboxylic acids is 2. The van der Waals surface area contributed by atoms with E-state index in [-0.39, 0.29) is 13.2 Å². The highest BCUT2D eigenvalue weighted by Gasteiger charge is 2.12. The van der Waals surface area contributed by atoms with E-state index in [2.05, 4.69) is 13.2 Å². The molecular weight excluding hydrogens is 407 g/mol. The highest BCUT2D eigenvalue weighted by molar-refractivity contribution is 7.34. The van der Waals surface area contributed by atoms with Crippen molar-refractivity contribution >= 4 is 20.2 Å². The Balaban J connectivity index is 1.98. The van der Waals surface area contributed by atoms with E-state index in [9.17, 15) is 14.2 Å². The van der Waals surface area contributed by atoms with Crippen LogP contribution in [0, 0.1) is 0 Å². The lowest BCUT2D eigenvalue weighted by Gasteiger charge is -2.14. The van der Waals surface area contributed by atoms with Gasteiger partial charge in [0.2, 0.25) is 0 Å². The second kappa shape index (κ2) is 12.3. The van der Waals surface area contributed by atoms with Crippen molar-refractivity contribution in [3.05, 3.63) is 85.0 Å². The number of para-hydroxylation sites is 2. The summed E-state index contributed by atoms with van der Waals surface area (Å²) >= 11 is 0. The van der Waals surface area contributed by atoms with Crippen LogP contribution in [0.5, 0.6) is 11.5 Å². The van der Waals surface area contributed by atoms with Gasteiger partial charge in [0, 0.05) is 25.0 Å². The molecular formula is C22H23O7P. The van der Waals surface area contributed by atoms with E-state index >= 15 is 0 Å². The average Bonchev–Trinajstić information content (AvgIpc) is 2.75. The molecule has 2 aromatic carbocycles. The first-order valence-corrected chi connectivity index (χ1v) is 10.4. The number of carbonyl (C=O) groups is 2. The first-order chi connectivity index (χ1) is 14.5. The smallest absolute Gasteiger partial charge is 0.418 e. The van der Waals surface area contributed by atoms with Gasteiger partial charge in [-0.1, -0.05) is 49.6 Å². The minimum Gasteiger partial charge on any atom is -0.462 e. The Morgan fingerprint density at radius 2 is 1.17 bits per heavy atom. The molecule has 0 heterocycles. The molecule has 8 heteroatoms. The lowest BCUT2D eigenvalue weighted by atomic mass is 10.1. The third-order valence-electron chi connectivity index (χ3n) is 3.90. The lowest BCUT2D eigenvalue weighted by Crippen LogP contribution is -2.06. The first-order valence-electron chi connectivity index (χ1n) is 9.17. The molecule has 0 aliphatic rings. The summed E-state index contributed by atoms with van der Waals surface area (Å²) in [6, 6.07) is 14.0. The van der Waals surface area contributed by atoms with Gasteiger partial charge in [-0.2, -0.15) is 0 Å². The third kappa shape index (κ3) is 7.60. The molecule has 0 aliphatic carbocycles. The number of esters is 2. The van der Waals surface area contributed by atoms with Gasteiger partial charge in [-0.05, 0) is 23.3 Å². The third-order valence-corrected chi connectivity index (χ3v) is 4.67. The van der Waals surface area contributed by atoms with Crippen LogP contribution in [0.25, 0.3) is 0 Å². The molecule has 0 N–H and O–H groups in total. The van der Waals surface area contributed by atoms with Gasteiger partial charge in [0.05, 0.1) is 13.2 Å². The van der Waals surface area contributed by atoms with Crippen molar-refractivity contribution in [1.29, 1.82) is 0 Å². The molecule has 0 aromatic heterocycles. The Bertz CT molecular complexity index is 850. The Hall–Kier alpha value is -3.31. The fourth-order valence-electron chi connectivity index (χ4n) is 2.46. The first kappa shape index (κ1) is 23.0. The summed E-state index contributed by atoms with van der Waals surface area (Å²) in [4.78, 5) is 22.3. The fraction of sp³-hybridized carbons (Fsp3) is 0.182. The highest BCUT2D eigenvalue weighted by Crippen LogP contribution is 2.34. The molecule has 158 valence electrons. The zero-order valence-corrected chi connectivity index (χ0v) is 17.4. The summed E-state index contributed by atoms with van der Waals surface area (Å²) in [5.41, 5.74) is 1.45. The SMILES string of the molecule is C=CC(=O)OCCc1ccccc1O[PH](=O)Oc1ccccc1CCOC(=O)C=C. The van der Waals surface area contributed by atoms with Crippen LogP contribution in [-0.4, -0.2) is 25.2 Å². The van der Waals surface area contributed by atoms with Crippen molar-refractivity contribution in [1.82, 2.24) is 0 Å². The number of hydrogen-bond acceptors (Lipinski definition) is 7. The van der Waals surface area contributed by atoms with E-state index in [0.29, 0.717) is 24.3 Å². The fourth-order valence-corrected chi connectivity index (χ4v) is 3.26. The van der Waals surface area contributed by atoms with Crippen LogP contribution in [0.3, 0.4) is 0 Å². The second-order valence-corrected chi connectivity index (χ2v) is 6.82. The normalized spacial score (nSPS) is 10.2. The molecule has 0 amide bonds. The Morgan fingerprint density at radius 3 is 1.57 bits per heavy atom. The molecule has 0 saturated heterocycles. The molecule has 2 rings (SSSR count). The summed E-state index contributed by atoms with van der Waals surface area (Å²) in [5.74, 6) is -0.261. The molecule has 0 fully saturated rings. The van der Waals surface area contributed by atoms with Crippen LogP contribution in [-0.2, 0) is 36.5 Å². The molecule has 0 spiro atoms. The van der Waals surface area contributed by atoms with Gasteiger partial charge in [-0.15, -0.1) is 0 Å². The topological polar surface area (TPSA) is 88.1 Å². The van der Waals surface area contributed by atoms with Gasteiger partial charge < -0.3 is 18.5 Å². The number of benzene rings is 2. The summed E-state index contributed by atoms with van der Waals surface area (Å²) in [6.45, 7) is 6.96. The molecule has 0 saturated carbocycles. The van der Waals surface area contributed by atoms with Gasteiger partial charge in [0.15, 0.2) is 0 Å². The van der Waals surface area contributed by atoms with Gasteiger partial charge in [0.1, 0.15) is 11.5 Å². The molecule has 0 bridgehead atoms. The zero-order valence-electron chi connectivity index (χ0n) is 16.4. The molecule has 7 nitrogen and oxygen atoms in total. The van der Waals surface area contributed by atoms with Crippen LogP contribution < -0.4 is 9.05 Å². The van der Waals surface area contributed by atoms with E-state index in [4.69, 9.17) is 18.5 Å². The molecule has 0 atom stereocenters. The van der Waals surface area contributed by atoms with Crippen molar-refractivity contribution in [3.8, 4) is 11.5 Å². The minimum absolute atomic E-state index is 0.138. The largest absolute Gasteiger partial charge is 0.462 e. The van der Waals surface area contributed by atoms with Crippen LogP contribution >= 0.6 is 8.25 Å². The van der Waals surface area contributed by atoms with E-state index in [1.54, 1.807) is 48.5 Å². The van der Waals surface area contributed by atoms with Crippen molar-refractivity contribution < 1.29 is 32.7 Å². The summed E-state index contributed by atoms with van der Waals surface area (Å²) in [5, 5.41) is 0. The van der Waals surface area contributed by atoms with Crippen LogP contribution in [0.2, 0.25) is 0 Å². The van der Waals surface area contributed by atoms with Crippen molar-refractivity contribution in [3.63, 3.8) is 0 Å². The van der Waals surface area contributed by atoms with E-state index < -0.39 is 20.2 Å². The van der Waals surface area contributed by atoms with E-state index in [1.807, 2.05) is 0 Å². The van der Waals surface area contributed by atoms with Gasteiger partial charge in [-0.25, -0.2) is 14.2 Å². The average molecular weight is 430 g/mol. The van der Waals surface area contributed by atoms with Crippen LogP contribution in [0.4, 0.5) is 0 Å². The predicted octanol–water partition coefficient (Wildman–Crippen LogP) is 4.08. The predicted molar refractivity (Wildman–Crippen MR) is 113 cm³/mol. The molecule has 2 aromatic rings. The summed E-state index contributed by atoms with van der Waals surface area (Å²) in [6.07, 6.45) is 2.95. The van der Waals surface area contributed by atoms with Gasteiger partial charge in [0.25, 0.3) is 0 Å². The van der Waals surface area contributed by atoms with E-state index in [1.165, 1.54) is 0 Å². The monoisotopic (exact) mass is 430 g/mol. The van der Waals surface area contributed by atoms with Crippen LogP contribution in [0.1, 0.15) is 11.1 Å². The Kier molecular flexibility index (Phi) is 9.42. The van der Waals surface area contributed by atoms with Crippen molar-refractivity contribution in [2.75, 3.05) is 13.2 Å². The van der Waals surface area contributed by atoms with E-state index in [0.717, 1.165) is 23.3 Å². The summed E-state index contributed by atoms with van der Waals surface area (Å²) in [7, 11) is -2.93. The number of ether oxygens (including phenoxy) is 2. The maximum Gasteiger partial charge on any atom is 0.418 e. The lowest BCUT2D eigenvalue weighted by molar-refractivity contribution is -0.138. The highest BCUT2D eigenvalue weighted by atomic mass is 31.1. The minimum atomic E-state index is -2.93. The standard InChI is InChI=1S/C22H23O7P/c1-3-21(23)26-15-13-17-9-5-7-11-19(17)28-30(25)29-20-12-8-6-10-18(20)14-16-27-22(24)4-2/h3-12,30H,1-2,13-16H2. The zero-order chi connectivity index (χ0) is 21.8. The quantitative estimate of drug-likeness (QED) is 0.285.